The van der Waals surface area contributed by atoms with Gasteiger partial charge >= 0.3 is 0 Å². The van der Waals surface area contributed by atoms with Crippen molar-refractivity contribution in [1.82, 2.24) is 15.1 Å². The Bertz CT molecular complexity index is 284. The van der Waals surface area contributed by atoms with Crippen LogP contribution >= 0.6 is 11.8 Å². The van der Waals surface area contributed by atoms with Crippen LogP contribution in [-0.4, -0.2) is 71.5 Å². The van der Waals surface area contributed by atoms with Gasteiger partial charge in [-0.2, -0.15) is 11.8 Å². The summed E-state index contributed by atoms with van der Waals surface area (Å²) in [5.74, 6) is 0.316. The van der Waals surface area contributed by atoms with Gasteiger partial charge in [-0.15, -0.1) is 0 Å². The number of carbonyl (C=O) groups is 1. The molecule has 0 bridgehead atoms. The lowest BCUT2D eigenvalue weighted by Gasteiger charge is -2.39. The molecule has 2 aliphatic rings. The highest BCUT2D eigenvalue weighted by Gasteiger charge is 2.31. The average Bonchev–Trinajstić information content (AvgIpc) is 2.37. The van der Waals surface area contributed by atoms with E-state index in [1.54, 1.807) is 0 Å². The molecule has 2 saturated heterocycles. The molecule has 2 heterocycles. The Kier molecular flexibility index (Phi) is 4.92. The Labute approximate surface area is 114 Å². The van der Waals surface area contributed by atoms with Gasteiger partial charge in [0.2, 0.25) is 5.91 Å². The lowest BCUT2D eigenvalue weighted by molar-refractivity contribution is -0.136. The normalized spacial score (nSPS) is 32.3. The van der Waals surface area contributed by atoms with Crippen molar-refractivity contribution < 1.29 is 4.79 Å². The van der Waals surface area contributed by atoms with Gasteiger partial charge in [0, 0.05) is 49.8 Å². The van der Waals surface area contributed by atoms with Crippen LogP contribution < -0.4 is 5.32 Å². The smallest absolute Gasteiger partial charge is 0.239 e. The van der Waals surface area contributed by atoms with Crippen molar-refractivity contribution in [2.45, 2.75) is 37.3 Å². The fourth-order valence-electron chi connectivity index (χ4n) is 2.85. The molecule has 4 nitrogen and oxygen atoms in total. The minimum atomic E-state index is 0.0367. The summed E-state index contributed by atoms with van der Waals surface area (Å²) in [5.41, 5.74) is 0. The van der Waals surface area contributed by atoms with Crippen LogP contribution in [0.5, 0.6) is 0 Å². The van der Waals surface area contributed by atoms with Crippen LogP contribution in [0.2, 0.25) is 0 Å². The molecule has 0 spiro atoms. The molecule has 3 unspecified atom stereocenters. The van der Waals surface area contributed by atoms with Gasteiger partial charge in [0.1, 0.15) is 0 Å². The van der Waals surface area contributed by atoms with Crippen LogP contribution in [0.3, 0.4) is 0 Å². The molecular formula is C13H25N3OS. The summed E-state index contributed by atoms with van der Waals surface area (Å²) in [6.45, 7) is 12.3. The Balaban J connectivity index is 1.92. The summed E-state index contributed by atoms with van der Waals surface area (Å²) in [6.07, 6.45) is 0. The number of thioether (sulfide) groups is 1. The number of rotatable bonds is 2. The molecule has 5 heteroatoms. The Morgan fingerprint density at radius 2 is 1.78 bits per heavy atom. The predicted molar refractivity (Wildman–Crippen MR) is 77.0 cm³/mol. The molecule has 1 amide bonds. The van der Waals surface area contributed by atoms with E-state index in [-0.39, 0.29) is 6.04 Å². The number of carbonyl (C=O) groups excluding carboxylic acids is 1. The van der Waals surface area contributed by atoms with E-state index in [1.807, 2.05) is 11.8 Å². The van der Waals surface area contributed by atoms with Crippen LogP contribution in [0.25, 0.3) is 0 Å². The van der Waals surface area contributed by atoms with Crippen molar-refractivity contribution in [3.8, 4) is 0 Å². The Morgan fingerprint density at radius 1 is 1.22 bits per heavy atom. The quantitative estimate of drug-likeness (QED) is 0.799. The second kappa shape index (κ2) is 6.26. The van der Waals surface area contributed by atoms with E-state index >= 15 is 0 Å². The molecule has 104 valence electrons. The second-order valence-electron chi connectivity index (χ2n) is 5.46. The third kappa shape index (κ3) is 3.39. The molecule has 18 heavy (non-hydrogen) atoms. The summed E-state index contributed by atoms with van der Waals surface area (Å²) < 4.78 is 0. The highest BCUT2D eigenvalue weighted by Crippen LogP contribution is 2.25. The third-order valence-electron chi connectivity index (χ3n) is 3.79. The number of hydrogen-bond acceptors (Lipinski definition) is 4. The molecule has 2 fully saturated rings. The Morgan fingerprint density at radius 3 is 2.33 bits per heavy atom. The predicted octanol–water partition coefficient (Wildman–Crippen LogP) is 0.633. The fraction of sp³-hybridized carbons (Fsp3) is 0.923. The van der Waals surface area contributed by atoms with E-state index in [2.05, 4.69) is 35.9 Å². The van der Waals surface area contributed by atoms with E-state index in [9.17, 15) is 4.79 Å². The SMILES string of the molecule is CC1CN(C(=O)C(C)N2CCNCC2)CC(C)S1. The summed E-state index contributed by atoms with van der Waals surface area (Å²) >= 11 is 1.99. The van der Waals surface area contributed by atoms with Crippen LogP contribution in [0.4, 0.5) is 0 Å². The highest BCUT2D eigenvalue weighted by molar-refractivity contribution is 8.00. The van der Waals surface area contributed by atoms with Crippen LogP contribution in [0.15, 0.2) is 0 Å². The van der Waals surface area contributed by atoms with Gasteiger partial charge < -0.3 is 10.2 Å². The summed E-state index contributed by atoms with van der Waals surface area (Å²) in [5, 5.41) is 4.46. The molecule has 0 saturated carbocycles. The first-order valence-electron chi connectivity index (χ1n) is 6.97. The lowest BCUT2D eigenvalue weighted by Crippen LogP contribution is -2.55. The first-order valence-corrected chi connectivity index (χ1v) is 7.91. The van der Waals surface area contributed by atoms with Crippen molar-refractivity contribution in [3.05, 3.63) is 0 Å². The Hall–Kier alpha value is -0.260. The minimum Gasteiger partial charge on any atom is -0.339 e. The van der Waals surface area contributed by atoms with E-state index in [4.69, 9.17) is 0 Å². The first-order chi connectivity index (χ1) is 8.58. The molecule has 2 rings (SSSR count). The minimum absolute atomic E-state index is 0.0367. The lowest BCUT2D eigenvalue weighted by atomic mass is 10.2. The number of piperazine rings is 1. The largest absolute Gasteiger partial charge is 0.339 e. The first kappa shape index (κ1) is 14.2. The van der Waals surface area contributed by atoms with E-state index in [0.717, 1.165) is 39.3 Å². The maximum absolute atomic E-state index is 12.5. The van der Waals surface area contributed by atoms with E-state index in [0.29, 0.717) is 16.4 Å². The van der Waals surface area contributed by atoms with Crippen LogP contribution in [-0.2, 0) is 4.79 Å². The monoisotopic (exact) mass is 271 g/mol. The zero-order valence-electron chi connectivity index (χ0n) is 11.7. The van der Waals surface area contributed by atoms with Crippen LogP contribution in [0, 0.1) is 0 Å². The van der Waals surface area contributed by atoms with Gasteiger partial charge in [-0.25, -0.2) is 0 Å². The van der Waals surface area contributed by atoms with Crippen molar-refractivity contribution in [3.63, 3.8) is 0 Å². The van der Waals surface area contributed by atoms with Crippen LogP contribution in [0.1, 0.15) is 20.8 Å². The third-order valence-corrected chi connectivity index (χ3v) is 5.02. The highest BCUT2D eigenvalue weighted by atomic mass is 32.2. The molecular weight excluding hydrogens is 246 g/mol. The number of nitrogens with zero attached hydrogens (tertiary/aromatic N) is 2. The number of hydrogen-bond donors (Lipinski definition) is 1. The van der Waals surface area contributed by atoms with Crippen molar-refractivity contribution in [2.24, 2.45) is 0 Å². The summed E-state index contributed by atoms with van der Waals surface area (Å²) in [7, 11) is 0. The second-order valence-corrected chi connectivity index (χ2v) is 7.34. The van der Waals surface area contributed by atoms with Gasteiger partial charge in [-0.3, -0.25) is 9.69 Å². The fourth-order valence-corrected chi connectivity index (χ4v) is 4.17. The molecule has 0 aromatic carbocycles. The molecule has 0 radical (unpaired) electrons. The number of amides is 1. The van der Waals surface area contributed by atoms with Gasteiger partial charge in [0.15, 0.2) is 0 Å². The zero-order valence-corrected chi connectivity index (χ0v) is 12.5. The van der Waals surface area contributed by atoms with Crippen molar-refractivity contribution in [2.75, 3.05) is 39.3 Å². The summed E-state index contributed by atoms with van der Waals surface area (Å²) in [6, 6.07) is 0.0367. The molecule has 1 N–H and O–H groups in total. The zero-order chi connectivity index (χ0) is 13.1. The molecule has 0 aromatic heterocycles. The molecule has 3 atom stereocenters. The van der Waals surface area contributed by atoms with Gasteiger partial charge in [0.05, 0.1) is 6.04 Å². The van der Waals surface area contributed by atoms with Gasteiger partial charge in [-0.1, -0.05) is 13.8 Å². The average molecular weight is 271 g/mol. The van der Waals surface area contributed by atoms with Crippen molar-refractivity contribution in [1.29, 1.82) is 0 Å². The van der Waals surface area contributed by atoms with E-state index < -0.39 is 0 Å². The number of nitrogens with one attached hydrogen (secondary N) is 1. The van der Waals surface area contributed by atoms with Gasteiger partial charge in [0.25, 0.3) is 0 Å². The topological polar surface area (TPSA) is 35.6 Å². The van der Waals surface area contributed by atoms with Crippen molar-refractivity contribution >= 4 is 17.7 Å². The molecule has 2 aliphatic heterocycles. The molecule has 0 aliphatic carbocycles. The molecule has 0 aromatic rings. The van der Waals surface area contributed by atoms with Gasteiger partial charge in [-0.05, 0) is 6.92 Å². The maximum Gasteiger partial charge on any atom is 0.239 e. The van der Waals surface area contributed by atoms with E-state index in [1.165, 1.54) is 0 Å². The standard InChI is InChI=1S/C13H25N3OS/c1-10-8-16(9-11(2)18-10)13(17)12(3)15-6-4-14-5-7-15/h10-12,14H,4-9H2,1-3H3. The maximum atomic E-state index is 12.5. The summed E-state index contributed by atoms with van der Waals surface area (Å²) in [4.78, 5) is 16.9.